The second-order valence-corrected chi connectivity index (χ2v) is 11.3. The Morgan fingerprint density at radius 3 is 2.72 bits per heavy atom. The summed E-state index contributed by atoms with van der Waals surface area (Å²) in [5, 5.41) is 0. The van der Waals surface area contributed by atoms with Crippen LogP contribution in [0.1, 0.15) is 25.6 Å². The van der Waals surface area contributed by atoms with E-state index in [-0.39, 0.29) is 18.9 Å². The van der Waals surface area contributed by atoms with E-state index in [4.69, 9.17) is 4.74 Å². The number of ether oxygens (including phenoxy) is 1. The van der Waals surface area contributed by atoms with Gasteiger partial charge in [-0.15, -0.1) is 0 Å². The molecule has 0 amide bonds. The van der Waals surface area contributed by atoms with Gasteiger partial charge >= 0.3 is 18.9 Å². The third-order valence-corrected chi connectivity index (χ3v) is 4.41. The monoisotopic (exact) mass is 260 g/mol. The molecule has 0 spiro atoms. The Morgan fingerprint density at radius 1 is 1.39 bits per heavy atom. The van der Waals surface area contributed by atoms with Crippen LogP contribution in [-0.4, -0.2) is 24.2 Å². The second-order valence-electron chi connectivity index (χ2n) is 5.68. The number of aryl methyl sites for hydroxylation is 1. The van der Waals surface area contributed by atoms with Gasteiger partial charge in [0, 0.05) is 14.7 Å². The molecule has 0 saturated carbocycles. The summed E-state index contributed by atoms with van der Waals surface area (Å²) in [7, 11) is -0.974. The van der Waals surface area contributed by atoms with Gasteiger partial charge < -0.3 is 14.3 Å². The molecule has 0 aliphatic rings. The van der Waals surface area contributed by atoms with E-state index in [0.29, 0.717) is 6.73 Å². The van der Waals surface area contributed by atoms with E-state index in [1.807, 2.05) is 4.57 Å². The summed E-state index contributed by atoms with van der Waals surface area (Å²) in [6, 6.07) is 1.21. The predicted octanol–water partition coefficient (Wildman–Crippen LogP) is 0.342. The van der Waals surface area contributed by atoms with E-state index in [0.717, 1.165) is 18.9 Å². The Morgan fingerprint density at radius 2 is 2.11 bits per heavy atom. The van der Waals surface area contributed by atoms with E-state index >= 15 is 0 Å². The molecule has 0 bridgehead atoms. The van der Waals surface area contributed by atoms with Gasteiger partial charge in [0.15, 0.2) is 0 Å². The zero-order valence-electron chi connectivity index (χ0n) is 12.6. The zero-order chi connectivity index (χ0) is 12.7. The first-order chi connectivity index (χ1) is 8.03. The summed E-state index contributed by atoms with van der Waals surface area (Å²) in [4.78, 5) is 4.32. The van der Waals surface area contributed by atoms with Crippen LogP contribution in [0.4, 0.5) is 0 Å². The third kappa shape index (κ3) is 7.43. The van der Waals surface area contributed by atoms with Crippen LogP contribution in [0.25, 0.3) is 0 Å². The topological polar surface area (TPSA) is 27.1 Å². The first-order valence-electron chi connectivity index (χ1n) is 6.53. The SMILES string of the molecule is CCCCc1nc[c-]n1COCC[Si](C)(C)C.[Li+]. The largest absolute Gasteiger partial charge is 1.00 e. The number of unbranched alkanes of at least 4 members (excludes halogenated alkanes) is 1. The molecule has 0 saturated heterocycles. The first-order valence-corrected chi connectivity index (χ1v) is 10.2. The Hall–Kier alpha value is -0.0157. The third-order valence-electron chi connectivity index (χ3n) is 2.71. The first kappa shape index (κ1) is 18.0. The molecular weight excluding hydrogens is 235 g/mol. The fourth-order valence-electron chi connectivity index (χ4n) is 1.50. The maximum absolute atomic E-state index is 5.70. The van der Waals surface area contributed by atoms with E-state index in [2.05, 4.69) is 37.7 Å². The molecule has 0 aromatic carbocycles. The molecule has 0 N–H and O–H groups in total. The van der Waals surface area contributed by atoms with Gasteiger partial charge in [0.1, 0.15) is 0 Å². The minimum atomic E-state index is -0.974. The standard InChI is InChI=1S/C13H25N2OSi.Li/c1-5-6-7-13-14-8-9-15(13)12-16-10-11-17(2,3)4;/h8H,5-7,10-12H2,1-4H3;/q-1;+1. The maximum Gasteiger partial charge on any atom is 1.00 e. The zero-order valence-corrected chi connectivity index (χ0v) is 13.6. The van der Waals surface area contributed by atoms with Gasteiger partial charge in [-0.1, -0.05) is 52.0 Å². The summed E-state index contributed by atoms with van der Waals surface area (Å²) in [5.41, 5.74) is 0. The van der Waals surface area contributed by atoms with E-state index in [9.17, 15) is 0 Å². The smallest absolute Gasteiger partial charge is 0.477 e. The molecule has 3 nitrogen and oxygen atoms in total. The van der Waals surface area contributed by atoms with Gasteiger partial charge in [-0.2, -0.15) is 6.20 Å². The quantitative estimate of drug-likeness (QED) is 0.383. The van der Waals surface area contributed by atoms with Crippen molar-refractivity contribution in [2.24, 2.45) is 0 Å². The van der Waals surface area contributed by atoms with Gasteiger partial charge in [0.05, 0.1) is 6.73 Å². The maximum atomic E-state index is 5.70. The molecule has 1 aromatic rings. The molecule has 0 unspecified atom stereocenters. The normalized spacial score (nSPS) is 11.3. The minimum Gasteiger partial charge on any atom is -0.477 e. The number of nitrogens with zero attached hydrogens (tertiary/aromatic N) is 2. The van der Waals surface area contributed by atoms with Crippen LogP contribution in [-0.2, 0) is 17.9 Å². The molecule has 1 aromatic heterocycles. The Kier molecular flexibility index (Phi) is 8.97. The molecule has 0 fully saturated rings. The molecular formula is C13H25LiN2OSi. The average Bonchev–Trinajstić information content (AvgIpc) is 2.67. The fraction of sp³-hybridized carbons (Fsp3) is 0.769. The summed E-state index contributed by atoms with van der Waals surface area (Å²) in [6.45, 7) is 10.8. The molecule has 0 aliphatic heterocycles. The van der Waals surface area contributed by atoms with Gasteiger partial charge in [0.25, 0.3) is 0 Å². The van der Waals surface area contributed by atoms with Crippen LogP contribution < -0.4 is 18.9 Å². The van der Waals surface area contributed by atoms with Crippen LogP contribution >= 0.6 is 0 Å². The second kappa shape index (κ2) is 8.98. The van der Waals surface area contributed by atoms with Crippen molar-refractivity contribution in [1.82, 2.24) is 9.55 Å². The summed E-state index contributed by atoms with van der Waals surface area (Å²) in [5.74, 6) is 1.10. The van der Waals surface area contributed by atoms with Crippen molar-refractivity contribution < 1.29 is 23.6 Å². The number of imidazole rings is 1. The number of hydrogen-bond donors (Lipinski definition) is 0. The van der Waals surface area contributed by atoms with E-state index in [1.54, 1.807) is 6.20 Å². The summed E-state index contributed by atoms with van der Waals surface area (Å²) >= 11 is 0. The van der Waals surface area contributed by atoms with Crippen LogP contribution in [0.2, 0.25) is 25.7 Å². The Balaban J connectivity index is 0.00000289. The fourth-order valence-corrected chi connectivity index (χ4v) is 2.25. The molecule has 98 valence electrons. The number of rotatable bonds is 8. The Bertz CT molecular complexity index is 323. The average molecular weight is 260 g/mol. The molecule has 0 aliphatic carbocycles. The van der Waals surface area contributed by atoms with Gasteiger partial charge in [-0.25, -0.2) is 0 Å². The Labute approximate surface area is 125 Å². The van der Waals surface area contributed by atoms with Crippen molar-refractivity contribution in [3.63, 3.8) is 0 Å². The molecule has 1 heterocycles. The van der Waals surface area contributed by atoms with Gasteiger partial charge in [-0.3, -0.25) is 0 Å². The number of aromatic nitrogens is 2. The molecule has 5 heteroatoms. The summed E-state index contributed by atoms with van der Waals surface area (Å²) < 4.78 is 7.70. The van der Waals surface area contributed by atoms with Crippen molar-refractivity contribution in [3.05, 3.63) is 18.2 Å². The van der Waals surface area contributed by atoms with Crippen LogP contribution in [0.3, 0.4) is 0 Å². The van der Waals surface area contributed by atoms with E-state index < -0.39 is 8.07 Å². The minimum absolute atomic E-state index is 0. The predicted molar refractivity (Wildman–Crippen MR) is 73.8 cm³/mol. The van der Waals surface area contributed by atoms with Crippen molar-refractivity contribution >= 4 is 8.07 Å². The molecule has 1 rings (SSSR count). The van der Waals surface area contributed by atoms with Crippen LogP contribution in [0.5, 0.6) is 0 Å². The molecule has 0 radical (unpaired) electrons. The van der Waals surface area contributed by atoms with Crippen LogP contribution in [0, 0.1) is 6.20 Å². The summed E-state index contributed by atoms with van der Waals surface area (Å²) in [6.07, 6.45) is 8.25. The van der Waals surface area contributed by atoms with Crippen LogP contribution in [0.15, 0.2) is 6.20 Å². The molecule has 0 atom stereocenters. The van der Waals surface area contributed by atoms with Crippen molar-refractivity contribution in [3.8, 4) is 0 Å². The van der Waals surface area contributed by atoms with Crippen molar-refractivity contribution in [2.75, 3.05) is 6.61 Å². The van der Waals surface area contributed by atoms with Gasteiger partial charge in [-0.05, 0) is 11.9 Å². The molecule has 18 heavy (non-hydrogen) atoms. The van der Waals surface area contributed by atoms with Crippen molar-refractivity contribution in [1.29, 1.82) is 0 Å². The van der Waals surface area contributed by atoms with Gasteiger partial charge in [0.2, 0.25) is 0 Å². The van der Waals surface area contributed by atoms with E-state index in [1.165, 1.54) is 18.9 Å². The van der Waals surface area contributed by atoms with Crippen molar-refractivity contribution in [2.45, 2.75) is 58.6 Å². The number of hydrogen-bond acceptors (Lipinski definition) is 2.